The van der Waals surface area contributed by atoms with Crippen molar-refractivity contribution in [3.05, 3.63) is 23.8 Å². The van der Waals surface area contributed by atoms with Gasteiger partial charge in [-0.2, -0.15) is 4.31 Å². The van der Waals surface area contributed by atoms with E-state index in [1.807, 2.05) is 0 Å². The highest BCUT2D eigenvalue weighted by atomic mass is 35.5. The Kier molecular flexibility index (Phi) is 5.25. The van der Waals surface area contributed by atoms with Crippen molar-refractivity contribution in [3.63, 3.8) is 0 Å². The van der Waals surface area contributed by atoms with Gasteiger partial charge in [-0.15, -0.1) is 11.6 Å². The average molecular weight is 294 g/mol. The summed E-state index contributed by atoms with van der Waals surface area (Å²) in [6.45, 7) is 0.197. The fourth-order valence-corrected chi connectivity index (χ4v) is 2.41. The maximum Gasteiger partial charge on any atom is 0.228 e. The van der Waals surface area contributed by atoms with Gasteiger partial charge < -0.3 is 9.47 Å². The second-order valence-electron chi connectivity index (χ2n) is 3.65. The van der Waals surface area contributed by atoms with Crippen LogP contribution in [-0.4, -0.2) is 39.2 Å². The third kappa shape index (κ3) is 3.51. The van der Waals surface area contributed by atoms with Gasteiger partial charge in [0.2, 0.25) is 10.0 Å². The van der Waals surface area contributed by atoms with Gasteiger partial charge in [0.05, 0.1) is 14.2 Å². The van der Waals surface area contributed by atoms with Crippen molar-refractivity contribution in [1.82, 2.24) is 4.31 Å². The molecule has 0 fully saturated rings. The van der Waals surface area contributed by atoms with Crippen molar-refractivity contribution in [1.29, 1.82) is 0 Å². The van der Waals surface area contributed by atoms with Gasteiger partial charge in [-0.3, -0.25) is 0 Å². The van der Waals surface area contributed by atoms with E-state index in [1.54, 1.807) is 25.3 Å². The molecule has 0 saturated heterocycles. The molecule has 0 bridgehead atoms. The Hall–Kier alpha value is -0.980. The van der Waals surface area contributed by atoms with Gasteiger partial charge in [0.1, 0.15) is 16.7 Å². The molecule has 0 radical (unpaired) electrons. The summed E-state index contributed by atoms with van der Waals surface area (Å²) >= 11 is 5.39. The first-order valence-electron chi connectivity index (χ1n) is 5.15. The Morgan fingerprint density at radius 1 is 1.28 bits per heavy atom. The normalized spacial score (nSPS) is 11.6. The lowest BCUT2D eigenvalue weighted by atomic mass is 10.2. The van der Waals surface area contributed by atoms with Gasteiger partial charge in [-0.05, 0) is 6.07 Å². The van der Waals surface area contributed by atoms with Crippen LogP contribution in [-0.2, 0) is 16.6 Å². The highest BCUT2D eigenvalue weighted by molar-refractivity contribution is 7.90. The molecule has 18 heavy (non-hydrogen) atoms. The first-order valence-corrected chi connectivity index (χ1v) is 7.30. The molecule has 0 heterocycles. The number of alkyl halides is 1. The zero-order valence-electron chi connectivity index (χ0n) is 10.5. The Bertz CT molecular complexity index is 504. The number of methoxy groups -OCH3 is 2. The van der Waals surface area contributed by atoms with Crippen molar-refractivity contribution in [3.8, 4) is 11.5 Å². The largest absolute Gasteiger partial charge is 0.497 e. The summed E-state index contributed by atoms with van der Waals surface area (Å²) in [5.74, 6) is 1.23. The summed E-state index contributed by atoms with van der Waals surface area (Å²) in [4.78, 5) is 0. The maximum atomic E-state index is 11.6. The molecule has 1 aromatic carbocycles. The second kappa shape index (κ2) is 6.26. The van der Waals surface area contributed by atoms with Gasteiger partial charge >= 0.3 is 0 Å². The third-order valence-electron chi connectivity index (χ3n) is 2.50. The highest BCUT2D eigenvalue weighted by Gasteiger charge is 2.18. The zero-order valence-corrected chi connectivity index (χ0v) is 12.1. The fourth-order valence-electron chi connectivity index (χ4n) is 1.40. The monoisotopic (exact) mass is 293 g/mol. The number of sulfonamides is 1. The van der Waals surface area contributed by atoms with E-state index in [0.717, 1.165) is 5.56 Å². The number of rotatable bonds is 6. The van der Waals surface area contributed by atoms with E-state index in [0.29, 0.717) is 11.5 Å². The molecule has 0 unspecified atom stereocenters. The van der Waals surface area contributed by atoms with Crippen molar-refractivity contribution in [2.75, 3.05) is 26.5 Å². The molecular formula is C11H16ClNO4S. The number of halogens is 1. The molecule has 0 amide bonds. The summed E-state index contributed by atoms with van der Waals surface area (Å²) in [5.41, 5.74) is 0.745. The summed E-state index contributed by atoms with van der Waals surface area (Å²) < 4.78 is 34.6. The Balaban J connectivity index is 2.97. The number of hydrogen-bond donors (Lipinski definition) is 0. The first-order chi connectivity index (χ1) is 8.44. The molecule has 5 nitrogen and oxygen atoms in total. The lowest BCUT2D eigenvalue weighted by Gasteiger charge is -2.17. The van der Waals surface area contributed by atoms with Gasteiger partial charge in [-0.25, -0.2) is 8.42 Å². The van der Waals surface area contributed by atoms with Crippen molar-refractivity contribution >= 4 is 21.6 Å². The summed E-state index contributed by atoms with van der Waals surface area (Å²) in [5, 5.41) is -0.442. The van der Waals surface area contributed by atoms with E-state index in [4.69, 9.17) is 21.1 Å². The molecule has 7 heteroatoms. The molecule has 1 aromatic rings. The predicted molar refractivity (Wildman–Crippen MR) is 70.7 cm³/mol. The molecule has 0 N–H and O–H groups in total. The zero-order chi connectivity index (χ0) is 13.8. The minimum absolute atomic E-state index is 0.197. The van der Waals surface area contributed by atoms with Gasteiger partial charge in [0, 0.05) is 25.2 Å². The van der Waals surface area contributed by atoms with Gasteiger partial charge in [-0.1, -0.05) is 6.07 Å². The van der Waals surface area contributed by atoms with Crippen LogP contribution >= 0.6 is 11.6 Å². The molecule has 102 valence electrons. The van der Waals surface area contributed by atoms with E-state index < -0.39 is 15.2 Å². The fraction of sp³-hybridized carbons (Fsp3) is 0.455. The molecule has 0 aliphatic rings. The number of hydrogen-bond acceptors (Lipinski definition) is 4. The summed E-state index contributed by atoms with van der Waals surface area (Å²) in [7, 11) is 1.12. The Labute approximate surface area is 112 Å². The van der Waals surface area contributed by atoms with E-state index >= 15 is 0 Å². The maximum absolute atomic E-state index is 11.6. The molecule has 0 saturated carbocycles. The predicted octanol–water partition coefficient (Wildman–Crippen LogP) is 1.66. The highest BCUT2D eigenvalue weighted by Crippen LogP contribution is 2.26. The standard InChI is InChI=1S/C11H16ClNO4S/c1-13(18(14,15)8-12)7-9-4-5-10(16-2)6-11(9)17-3/h4-6H,7-8H2,1-3H3. The molecule has 0 atom stereocenters. The van der Waals surface area contributed by atoms with E-state index in [9.17, 15) is 8.42 Å². The van der Waals surface area contributed by atoms with Crippen LogP contribution in [0.3, 0.4) is 0 Å². The smallest absolute Gasteiger partial charge is 0.228 e. The van der Waals surface area contributed by atoms with Crippen LogP contribution in [0.5, 0.6) is 11.5 Å². The van der Waals surface area contributed by atoms with Crippen molar-refractivity contribution in [2.24, 2.45) is 0 Å². The molecule has 0 spiro atoms. The molecule has 0 aliphatic heterocycles. The number of benzene rings is 1. The van der Waals surface area contributed by atoms with E-state index in [1.165, 1.54) is 18.5 Å². The summed E-state index contributed by atoms with van der Waals surface area (Å²) in [6, 6.07) is 5.22. The second-order valence-corrected chi connectivity index (χ2v) is 6.31. The van der Waals surface area contributed by atoms with Crippen LogP contribution < -0.4 is 9.47 Å². The van der Waals surface area contributed by atoms with Crippen molar-refractivity contribution < 1.29 is 17.9 Å². The van der Waals surface area contributed by atoms with Crippen LogP contribution in [0, 0.1) is 0 Å². The molecular weight excluding hydrogens is 278 g/mol. The lowest BCUT2D eigenvalue weighted by Crippen LogP contribution is -2.27. The average Bonchev–Trinajstić information content (AvgIpc) is 2.38. The topological polar surface area (TPSA) is 55.8 Å². The van der Waals surface area contributed by atoms with Crippen molar-refractivity contribution in [2.45, 2.75) is 6.54 Å². The van der Waals surface area contributed by atoms with Gasteiger partial charge in [0.15, 0.2) is 0 Å². The van der Waals surface area contributed by atoms with Crippen LogP contribution in [0.15, 0.2) is 18.2 Å². The van der Waals surface area contributed by atoms with E-state index in [-0.39, 0.29) is 6.54 Å². The Morgan fingerprint density at radius 2 is 1.94 bits per heavy atom. The lowest BCUT2D eigenvalue weighted by molar-refractivity contribution is 0.384. The number of nitrogens with zero attached hydrogens (tertiary/aromatic N) is 1. The quantitative estimate of drug-likeness (QED) is 0.749. The number of ether oxygens (including phenoxy) is 2. The van der Waals surface area contributed by atoms with E-state index in [2.05, 4.69) is 0 Å². The third-order valence-corrected chi connectivity index (χ3v) is 4.68. The van der Waals surface area contributed by atoms with Crippen LogP contribution in [0.4, 0.5) is 0 Å². The molecule has 1 rings (SSSR count). The minimum atomic E-state index is -3.43. The van der Waals surface area contributed by atoms with Gasteiger partial charge in [0.25, 0.3) is 0 Å². The van der Waals surface area contributed by atoms with Crippen LogP contribution in [0.1, 0.15) is 5.56 Å². The first kappa shape index (κ1) is 15.1. The van der Waals surface area contributed by atoms with Crippen LogP contribution in [0.2, 0.25) is 0 Å². The molecule has 0 aromatic heterocycles. The minimum Gasteiger partial charge on any atom is -0.497 e. The SMILES string of the molecule is COc1ccc(CN(C)S(=O)(=O)CCl)c(OC)c1. The van der Waals surface area contributed by atoms with Crippen LogP contribution in [0.25, 0.3) is 0 Å². The molecule has 0 aliphatic carbocycles. The Morgan fingerprint density at radius 3 is 2.44 bits per heavy atom. The summed E-state index contributed by atoms with van der Waals surface area (Å²) in [6.07, 6.45) is 0.